The van der Waals surface area contributed by atoms with Gasteiger partial charge in [-0.15, -0.1) is 11.6 Å². The highest BCUT2D eigenvalue weighted by Gasteiger charge is 2.28. The van der Waals surface area contributed by atoms with Crippen LogP contribution in [0.5, 0.6) is 0 Å². The van der Waals surface area contributed by atoms with Crippen LogP contribution in [-0.4, -0.2) is 87.2 Å². The molecule has 0 aliphatic rings. The minimum Gasteiger partial charge on any atom is -0.382 e. The number of aliphatic hydroxyl groups excluding tert-OH is 1. The minimum atomic E-state index is -1.42. The summed E-state index contributed by atoms with van der Waals surface area (Å²) >= 11 is 5.65. The number of hydrogen-bond acceptors (Lipinski definition) is 7. The van der Waals surface area contributed by atoms with Gasteiger partial charge in [-0.1, -0.05) is 57.0 Å². The standard InChI is InChI=1S/C28H48ClN3O6/c1-22(2)20-25(32-28(35)26(33)24(30)21-23-10-6-5-7-11-23)27(34)31-13-15-37-17-19-38-18-16-36-14-9-4-3-8-12-29/h5-7,10-11,22,24-26,33H,3-4,8-9,12-21,30H2,1-2H3,(H,31,34)(H,32,35)/t24-,25+,26+/m1/s1. The van der Waals surface area contributed by atoms with Gasteiger partial charge < -0.3 is 35.7 Å². The summed E-state index contributed by atoms with van der Waals surface area (Å²) in [5.41, 5.74) is 6.98. The Labute approximate surface area is 233 Å². The third kappa shape index (κ3) is 17.0. The van der Waals surface area contributed by atoms with Crippen LogP contribution in [0.4, 0.5) is 0 Å². The first-order chi connectivity index (χ1) is 18.3. The summed E-state index contributed by atoms with van der Waals surface area (Å²) in [4.78, 5) is 25.3. The molecule has 0 aliphatic heterocycles. The van der Waals surface area contributed by atoms with Gasteiger partial charge in [0.2, 0.25) is 5.91 Å². The highest BCUT2D eigenvalue weighted by atomic mass is 35.5. The van der Waals surface area contributed by atoms with Crippen molar-refractivity contribution in [1.29, 1.82) is 0 Å². The van der Waals surface area contributed by atoms with E-state index in [1.807, 2.05) is 44.2 Å². The van der Waals surface area contributed by atoms with Gasteiger partial charge in [-0.05, 0) is 37.2 Å². The van der Waals surface area contributed by atoms with Crippen LogP contribution in [0, 0.1) is 5.92 Å². The number of halogens is 1. The zero-order valence-electron chi connectivity index (χ0n) is 23.0. The fourth-order valence-electron chi connectivity index (χ4n) is 3.72. The predicted molar refractivity (Wildman–Crippen MR) is 150 cm³/mol. The second-order valence-corrected chi connectivity index (χ2v) is 10.1. The van der Waals surface area contributed by atoms with E-state index in [4.69, 9.17) is 31.5 Å². The lowest BCUT2D eigenvalue weighted by atomic mass is 10.00. The summed E-state index contributed by atoms with van der Waals surface area (Å²) in [5, 5.41) is 15.9. The molecule has 2 amide bonds. The fourth-order valence-corrected chi connectivity index (χ4v) is 3.90. The number of ether oxygens (including phenoxy) is 3. The normalized spacial score (nSPS) is 13.7. The van der Waals surface area contributed by atoms with Crippen molar-refractivity contribution in [2.24, 2.45) is 11.7 Å². The molecule has 10 heteroatoms. The Balaban J connectivity index is 2.20. The van der Waals surface area contributed by atoms with E-state index >= 15 is 0 Å². The molecule has 0 unspecified atom stereocenters. The van der Waals surface area contributed by atoms with Crippen molar-refractivity contribution in [2.75, 3.05) is 52.1 Å². The summed E-state index contributed by atoms with van der Waals surface area (Å²) in [6.45, 7) is 7.20. The number of benzene rings is 1. The molecule has 0 fully saturated rings. The zero-order valence-corrected chi connectivity index (χ0v) is 23.8. The highest BCUT2D eigenvalue weighted by Crippen LogP contribution is 2.08. The molecule has 1 aromatic carbocycles. The van der Waals surface area contributed by atoms with Gasteiger partial charge in [0.25, 0.3) is 5.91 Å². The smallest absolute Gasteiger partial charge is 0.251 e. The third-order valence-electron chi connectivity index (χ3n) is 5.79. The maximum atomic E-state index is 12.7. The number of carbonyl (C=O) groups excluding carboxylic acids is 2. The molecule has 0 bridgehead atoms. The van der Waals surface area contributed by atoms with Crippen molar-refractivity contribution >= 4 is 23.4 Å². The van der Waals surface area contributed by atoms with Crippen molar-refractivity contribution in [2.45, 2.75) is 70.6 Å². The predicted octanol–water partition coefficient (Wildman–Crippen LogP) is 2.41. The van der Waals surface area contributed by atoms with Crippen LogP contribution >= 0.6 is 11.6 Å². The van der Waals surface area contributed by atoms with Crippen LogP contribution in [0.2, 0.25) is 0 Å². The average molecular weight is 558 g/mol. The van der Waals surface area contributed by atoms with Gasteiger partial charge in [-0.25, -0.2) is 0 Å². The lowest BCUT2D eigenvalue weighted by Gasteiger charge is -2.24. The molecule has 5 N–H and O–H groups in total. The lowest BCUT2D eigenvalue weighted by Crippen LogP contribution is -2.54. The summed E-state index contributed by atoms with van der Waals surface area (Å²) in [5.74, 6) is -0.0980. The molecule has 0 saturated carbocycles. The number of nitrogens with two attached hydrogens (primary N) is 1. The van der Waals surface area contributed by atoms with E-state index in [0.717, 1.165) is 43.7 Å². The summed E-state index contributed by atoms with van der Waals surface area (Å²) < 4.78 is 16.5. The van der Waals surface area contributed by atoms with E-state index in [1.54, 1.807) is 0 Å². The van der Waals surface area contributed by atoms with Crippen LogP contribution < -0.4 is 16.4 Å². The van der Waals surface area contributed by atoms with Crippen LogP contribution in [0.3, 0.4) is 0 Å². The molecule has 218 valence electrons. The van der Waals surface area contributed by atoms with Crippen LogP contribution in [0.15, 0.2) is 30.3 Å². The Morgan fingerprint density at radius 2 is 1.50 bits per heavy atom. The first-order valence-electron chi connectivity index (χ1n) is 13.7. The summed E-state index contributed by atoms with van der Waals surface area (Å²) in [7, 11) is 0. The monoisotopic (exact) mass is 557 g/mol. The van der Waals surface area contributed by atoms with E-state index < -0.39 is 24.1 Å². The molecule has 0 aromatic heterocycles. The Bertz CT molecular complexity index is 741. The highest BCUT2D eigenvalue weighted by molar-refractivity contribution is 6.17. The molecule has 1 aromatic rings. The summed E-state index contributed by atoms with van der Waals surface area (Å²) in [6.07, 6.45) is 3.72. The van der Waals surface area contributed by atoms with Crippen molar-refractivity contribution in [3.8, 4) is 0 Å². The van der Waals surface area contributed by atoms with Crippen molar-refractivity contribution in [3.63, 3.8) is 0 Å². The number of nitrogens with one attached hydrogen (secondary N) is 2. The molecule has 0 radical (unpaired) electrons. The van der Waals surface area contributed by atoms with Crippen molar-refractivity contribution in [1.82, 2.24) is 10.6 Å². The number of amides is 2. The van der Waals surface area contributed by atoms with Crippen LogP contribution in [-0.2, 0) is 30.2 Å². The van der Waals surface area contributed by atoms with Gasteiger partial charge in [-0.2, -0.15) is 0 Å². The van der Waals surface area contributed by atoms with Gasteiger partial charge in [-0.3, -0.25) is 9.59 Å². The molecule has 0 spiro atoms. The number of carbonyl (C=O) groups is 2. The summed E-state index contributed by atoms with van der Waals surface area (Å²) in [6, 6.07) is 7.85. The Kier molecular flexibility index (Phi) is 19.9. The van der Waals surface area contributed by atoms with Gasteiger partial charge in [0.15, 0.2) is 0 Å². The molecular formula is C28H48ClN3O6. The van der Waals surface area contributed by atoms with E-state index in [1.165, 1.54) is 0 Å². The molecule has 1 rings (SSSR count). The molecule has 9 nitrogen and oxygen atoms in total. The second kappa shape index (κ2) is 22.1. The fraction of sp³-hybridized carbons (Fsp3) is 0.714. The molecule has 38 heavy (non-hydrogen) atoms. The number of alkyl halides is 1. The topological polar surface area (TPSA) is 132 Å². The number of rotatable bonds is 23. The first kappa shape index (κ1) is 34.3. The zero-order chi connectivity index (χ0) is 28.0. The van der Waals surface area contributed by atoms with E-state index in [2.05, 4.69) is 10.6 Å². The maximum absolute atomic E-state index is 12.7. The van der Waals surface area contributed by atoms with E-state index in [9.17, 15) is 14.7 Å². The molecule has 3 atom stereocenters. The maximum Gasteiger partial charge on any atom is 0.251 e. The third-order valence-corrected chi connectivity index (χ3v) is 6.06. The number of hydrogen-bond donors (Lipinski definition) is 4. The molecular weight excluding hydrogens is 510 g/mol. The van der Waals surface area contributed by atoms with E-state index in [-0.39, 0.29) is 11.8 Å². The van der Waals surface area contributed by atoms with Gasteiger partial charge in [0.05, 0.1) is 33.0 Å². The molecule has 0 heterocycles. The van der Waals surface area contributed by atoms with Gasteiger partial charge in [0.1, 0.15) is 12.1 Å². The number of unbranched alkanes of at least 4 members (excludes halogenated alkanes) is 3. The minimum absolute atomic E-state index is 0.162. The van der Waals surface area contributed by atoms with Gasteiger partial charge >= 0.3 is 0 Å². The molecule has 0 saturated heterocycles. The van der Waals surface area contributed by atoms with Gasteiger partial charge in [0, 0.05) is 25.1 Å². The average Bonchev–Trinajstić information content (AvgIpc) is 2.90. The quantitative estimate of drug-likeness (QED) is 0.120. The Hall–Kier alpha value is -1.75. The molecule has 0 aliphatic carbocycles. The van der Waals surface area contributed by atoms with Crippen molar-refractivity contribution in [3.05, 3.63) is 35.9 Å². The number of aliphatic hydroxyl groups is 1. The largest absolute Gasteiger partial charge is 0.382 e. The Morgan fingerprint density at radius 1 is 0.895 bits per heavy atom. The SMILES string of the molecule is CC(C)C[C@H](NC(=O)[C@@H](O)[C@H](N)Cc1ccccc1)C(=O)NCCOCCOCCOCCCCCCCl. The second-order valence-electron chi connectivity index (χ2n) is 9.72. The van der Waals surface area contributed by atoms with Crippen molar-refractivity contribution < 1.29 is 28.9 Å². The first-order valence-corrected chi connectivity index (χ1v) is 14.2. The lowest BCUT2D eigenvalue weighted by molar-refractivity contribution is -0.135. The van der Waals surface area contributed by atoms with Crippen LogP contribution in [0.25, 0.3) is 0 Å². The van der Waals surface area contributed by atoms with Crippen LogP contribution in [0.1, 0.15) is 51.5 Å². The Morgan fingerprint density at radius 3 is 2.13 bits per heavy atom. The van der Waals surface area contributed by atoms with E-state index in [0.29, 0.717) is 52.4 Å².